The van der Waals surface area contributed by atoms with Crippen molar-refractivity contribution >= 4 is 33.2 Å². The van der Waals surface area contributed by atoms with Crippen LogP contribution in [0, 0.1) is 0 Å². The van der Waals surface area contributed by atoms with Gasteiger partial charge in [-0.25, -0.2) is 4.72 Å². The van der Waals surface area contributed by atoms with Crippen LogP contribution in [0.3, 0.4) is 0 Å². The molecule has 2 rings (SSSR count). The van der Waals surface area contributed by atoms with Gasteiger partial charge in [-0.3, -0.25) is 14.0 Å². The summed E-state index contributed by atoms with van der Waals surface area (Å²) in [6.45, 7) is 1.33. The van der Waals surface area contributed by atoms with Crippen molar-refractivity contribution in [1.29, 1.82) is 0 Å². The molecular weight excluding hydrogens is 404 g/mol. The van der Waals surface area contributed by atoms with E-state index in [2.05, 4.69) is 25.6 Å². The molecule has 8 nitrogen and oxygen atoms in total. The van der Waals surface area contributed by atoms with Gasteiger partial charge in [0, 0.05) is 42.7 Å². The van der Waals surface area contributed by atoms with Crippen LogP contribution in [0.25, 0.3) is 11.3 Å². The molecule has 0 saturated heterocycles. The number of pyridine rings is 1. The number of rotatable bonds is 7. The van der Waals surface area contributed by atoms with Gasteiger partial charge in [-0.05, 0) is 18.6 Å². The van der Waals surface area contributed by atoms with Gasteiger partial charge < -0.3 is 18.8 Å². The van der Waals surface area contributed by atoms with E-state index >= 15 is 0 Å². The van der Waals surface area contributed by atoms with Gasteiger partial charge in [0.15, 0.2) is 11.5 Å². The molecule has 2 aromatic heterocycles. The molecule has 0 aromatic carbocycles. The Morgan fingerprint density at radius 3 is 2.96 bits per heavy atom. The first-order chi connectivity index (χ1) is 11.4. The molecule has 0 radical (unpaired) electrons. The lowest BCUT2D eigenvalue weighted by Crippen LogP contribution is -2.18. The number of carbonyl (C=O) groups is 1. The topological polar surface area (TPSA) is 125 Å². The van der Waals surface area contributed by atoms with E-state index in [0.29, 0.717) is 12.0 Å². The van der Waals surface area contributed by atoms with E-state index in [4.69, 9.17) is 9.15 Å². The number of nitrogens with one attached hydrogen (secondary N) is 1. The first-order valence-electron chi connectivity index (χ1n) is 6.81. The molecule has 2 heterocycles. The van der Waals surface area contributed by atoms with Crippen molar-refractivity contribution in [3.63, 3.8) is 0 Å². The number of carbonyl (C=O) groups excluding carboxylic acids is 1. The Hall–Kier alpha value is -1.75. The highest BCUT2D eigenvalue weighted by Gasteiger charge is 2.28. The molecule has 0 aliphatic heterocycles. The number of esters is 1. The molecule has 24 heavy (non-hydrogen) atoms. The van der Waals surface area contributed by atoms with Crippen LogP contribution in [0.2, 0.25) is 0 Å². The molecule has 0 aliphatic carbocycles. The van der Waals surface area contributed by atoms with Crippen molar-refractivity contribution in [3.8, 4) is 22.8 Å². The van der Waals surface area contributed by atoms with Crippen molar-refractivity contribution in [3.05, 3.63) is 30.3 Å². The van der Waals surface area contributed by atoms with Crippen LogP contribution in [0.15, 0.2) is 28.9 Å². The average Bonchev–Trinajstić information content (AvgIpc) is 2.84. The average molecular weight is 418 g/mol. The largest absolute Gasteiger partial charge is 0.760 e. The summed E-state index contributed by atoms with van der Waals surface area (Å²) in [5.41, 5.74) is 0.508. The molecule has 0 fully saturated rings. The van der Waals surface area contributed by atoms with Crippen LogP contribution < -0.4 is 9.46 Å². The monoisotopic (exact) mass is 417 g/mol. The molecule has 0 bridgehead atoms. The minimum atomic E-state index is -2.38. The van der Waals surface area contributed by atoms with E-state index in [1.54, 1.807) is 18.3 Å². The van der Waals surface area contributed by atoms with Crippen molar-refractivity contribution in [2.24, 2.45) is 0 Å². The summed E-state index contributed by atoms with van der Waals surface area (Å²) in [5.74, 6) is -0.757. The van der Waals surface area contributed by atoms with Crippen LogP contribution in [0.4, 0.5) is 0 Å². The maximum absolute atomic E-state index is 11.3. The number of halogens is 1. The van der Waals surface area contributed by atoms with Crippen molar-refractivity contribution < 1.29 is 27.8 Å². The first-order valence-corrected chi connectivity index (χ1v) is 8.80. The van der Waals surface area contributed by atoms with Gasteiger partial charge in [-0.1, -0.05) is 15.9 Å². The number of aromatic hydroxyl groups is 1. The third kappa shape index (κ3) is 4.63. The standard InChI is InChI=1S/C14H15BrN2O6S/c1-8(18)22-14-11(19)12(9-3-2-5-16-7-9)23-13(14)10(15)4-6-17-24(20)21/h2-3,5,7,10,17,19H,4,6H2,1H3,(H,20,21)/p-1. The summed E-state index contributed by atoms with van der Waals surface area (Å²) in [7, 11) is 0. The normalized spacial score (nSPS) is 13.5. The number of hydrogen-bond donors (Lipinski definition) is 2. The fraction of sp³-hybridized carbons (Fsp3) is 0.286. The summed E-state index contributed by atoms with van der Waals surface area (Å²) < 4.78 is 33.9. The molecule has 0 saturated carbocycles. The SMILES string of the molecule is CC(=O)Oc1c(C(Br)CCNS(=O)[O-])oc(-c2cccnc2)c1O. The number of hydrogen-bond acceptors (Lipinski definition) is 7. The summed E-state index contributed by atoms with van der Waals surface area (Å²) in [4.78, 5) is 14.8. The number of nitrogens with zero attached hydrogens (tertiary/aromatic N) is 1. The van der Waals surface area contributed by atoms with Crippen molar-refractivity contribution in [1.82, 2.24) is 9.71 Å². The zero-order valence-corrected chi connectivity index (χ0v) is 14.9. The van der Waals surface area contributed by atoms with Crippen LogP contribution in [-0.2, 0) is 16.1 Å². The molecule has 2 unspecified atom stereocenters. The molecule has 0 spiro atoms. The van der Waals surface area contributed by atoms with Gasteiger partial charge in [0.05, 0.1) is 4.83 Å². The lowest BCUT2D eigenvalue weighted by molar-refractivity contribution is -0.132. The molecular formula is C14H14BrN2O6S-. The Morgan fingerprint density at radius 2 is 2.38 bits per heavy atom. The van der Waals surface area contributed by atoms with E-state index < -0.39 is 22.1 Å². The van der Waals surface area contributed by atoms with E-state index in [1.807, 2.05) is 0 Å². The molecule has 10 heteroatoms. The maximum atomic E-state index is 11.3. The van der Waals surface area contributed by atoms with E-state index in [0.717, 1.165) is 0 Å². The molecule has 130 valence electrons. The third-order valence-corrected chi connectivity index (χ3v) is 4.25. The molecule has 2 N–H and O–H groups in total. The first kappa shape index (κ1) is 18.6. The Balaban J connectivity index is 2.34. The molecule has 2 aromatic rings. The summed E-state index contributed by atoms with van der Waals surface area (Å²) in [5, 5.41) is 10.3. The fourth-order valence-electron chi connectivity index (χ4n) is 1.97. The highest BCUT2D eigenvalue weighted by atomic mass is 79.9. The van der Waals surface area contributed by atoms with Crippen LogP contribution in [0.5, 0.6) is 11.5 Å². The lowest BCUT2D eigenvalue weighted by Gasteiger charge is -2.11. The zero-order valence-electron chi connectivity index (χ0n) is 12.5. The summed E-state index contributed by atoms with van der Waals surface area (Å²) in [6, 6.07) is 3.35. The smallest absolute Gasteiger partial charge is 0.308 e. The second-order valence-electron chi connectivity index (χ2n) is 4.69. The van der Waals surface area contributed by atoms with Gasteiger partial charge in [0.2, 0.25) is 11.5 Å². The van der Waals surface area contributed by atoms with Crippen molar-refractivity contribution in [2.75, 3.05) is 6.54 Å². The minimum absolute atomic E-state index is 0.105. The van der Waals surface area contributed by atoms with E-state index in [9.17, 15) is 18.7 Å². The highest BCUT2D eigenvalue weighted by molar-refractivity contribution is 9.09. The second kappa shape index (κ2) is 8.38. The molecule has 2 atom stereocenters. The predicted octanol–water partition coefficient (Wildman–Crippen LogP) is 2.18. The second-order valence-corrected chi connectivity index (χ2v) is 6.56. The van der Waals surface area contributed by atoms with Gasteiger partial charge in [-0.2, -0.15) is 0 Å². The van der Waals surface area contributed by atoms with Crippen molar-refractivity contribution in [2.45, 2.75) is 18.2 Å². The van der Waals surface area contributed by atoms with Gasteiger partial charge in [-0.15, -0.1) is 0 Å². The van der Waals surface area contributed by atoms with Crippen LogP contribution in [0.1, 0.15) is 23.9 Å². The van der Waals surface area contributed by atoms with Gasteiger partial charge in [0.25, 0.3) is 0 Å². The Labute approximate surface area is 148 Å². The Kier molecular flexibility index (Phi) is 6.49. The zero-order chi connectivity index (χ0) is 17.7. The van der Waals surface area contributed by atoms with E-state index in [1.165, 1.54) is 13.1 Å². The fourth-order valence-corrected chi connectivity index (χ4v) is 2.78. The Morgan fingerprint density at radius 1 is 1.62 bits per heavy atom. The minimum Gasteiger partial charge on any atom is -0.760 e. The van der Waals surface area contributed by atoms with E-state index in [-0.39, 0.29) is 29.6 Å². The maximum Gasteiger partial charge on any atom is 0.308 e. The number of furan rings is 1. The molecule has 0 amide bonds. The Bertz CT molecular complexity index is 736. The van der Waals surface area contributed by atoms with Gasteiger partial charge >= 0.3 is 5.97 Å². The third-order valence-electron chi connectivity index (χ3n) is 2.94. The van der Waals surface area contributed by atoms with Gasteiger partial charge in [0.1, 0.15) is 0 Å². The summed E-state index contributed by atoms with van der Waals surface area (Å²) in [6.07, 6.45) is 3.37. The predicted molar refractivity (Wildman–Crippen MR) is 88.1 cm³/mol. The number of ether oxygens (including phenoxy) is 1. The van der Waals surface area contributed by atoms with Crippen LogP contribution in [-0.4, -0.2) is 31.4 Å². The van der Waals surface area contributed by atoms with Crippen LogP contribution >= 0.6 is 15.9 Å². The number of aromatic nitrogens is 1. The quantitative estimate of drug-likeness (QED) is 0.401. The summed E-state index contributed by atoms with van der Waals surface area (Å²) >= 11 is 0.968. The highest BCUT2D eigenvalue weighted by Crippen LogP contribution is 2.47. The number of alkyl halides is 1. The molecule has 0 aliphatic rings. The lowest BCUT2D eigenvalue weighted by atomic mass is 10.2.